The number of nitrogens with zero attached hydrogens (tertiary/aromatic N) is 8. The van der Waals surface area contributed by atoms with Crippen LogP contribution in [0.3, 0.4) is 0 Å². The zero-order valence-electron chi connectivity index (χ0n) is 35.1. The van der Waals surface area contributed by atoms with E-state index >= 15 is 0 Å². The van der Waals surface area contributed by atoms with Crippen molar-refractivity contribution in [1.29, 1.82) is 0 Å². The summed E-state index contributed by atoms with van der Waals surface area (Å²) in [6.45, 7) is 2.28. The smallest absolute Gasteiger partial charge is 0.272 e. The molecule has 3 aliphatic heterocycles. The van der Waals surface area contributed by atoms with Gasteiger partial charge >= 0.3 is 0 Å². The second-order valence-corrected chi connectivity index (χ2v) is 15.6. The first-order chi connectivity index (χ1) is 31.0. The number of nitrogens with one attached hydrogen (secondary N) is 1. The zero-order valence-corrected chi connectivity index (χ0v) is 35.1. The van der Waals surface area contributed by atoms with Gasteiger partial charge in [-0.05, 0) is 42.7 Å². The van der Waals surface area contributed by atoms with Crippen LogP contribution in [0.2, 0.25) is 0 Å². The van der Waals surface area contributed by atoms with E-state index in [1.165, 1.54) is 37.6 Å². The van der Waals surface area contributed by atoms with Gasteiger partial charge in [0, 0.05) is 7.11 Å². The maximum absolute atomic E-state index is 10.4. The molecule has 0 amide bonds. The van der Waals surface area contributed by atoms with E-state index in [9.17, 15) is 20.4 Å². The first kappa shape index (κ1) is 43.1. The van der Waals surface area contributed by atoms with Crippen molar-refractivity contribution in [2.75, 3.05) is 25.3 Å². The first-order valence-corrected chi connectivity index (χ1v) is 20.5. The molecule has 3 saturated heterocycles. The Hall–Kier alpha value is -6.20. The maximum Gasteiger partial charge on any atom is 0.272 e. The molecule has 0 aliphatic carbocycles. The van der Waals surface area contributed by atoms with Crippen molar-refractivity contribution in [3.05, 3.63) is 127 Å². The predicted octanol–water partition coefficient (Wildman–Crippen LogP) is 2.64. The summed E-state index contributed by atoms with van der Waals surface area (Å²) >= 11 is 0. The molecule has 3 unspecified atom stereocenters. The summed E-state index contributed by atoms with van der Waals surface area (Å²) in [4.78, 5) is 26.0. The van der Waals surface area contributed by atoms with Crippen molar-refractivity contribution < 1.29 is 48.8 Å². The standard InChI is InChI=1S/C33H33N5O6.C11H15N5O4/c1-20(39)26-27-28(44-32(41-3)43-27)31(42-26)38-19-36-25-29(34-18-35-30(25)38)37-33(21-10-6-4-7-11-21,22-12-8-5-9-13-22)23-14-16-24(40-2)17-15-23;1-4(17)8-6(18)7(19)11(20-8)16-3-15-5-9(12)13-2-14-10(5)16/h4-20,26-28,31-32,39H,1-3H3,(H,34,35,37);2-4,6-8,11,17-19H,1H3,(H2,12,13,14)/t20?,26-,27-,28-,31-,32?;4?,6-,7+,8+,11+/m10/s1. The largest absolute Gasteiger partial charge is 0.497 e. The monoisotopic (exact) mass is 876 g/mol. The number of aliphatic hydroxyl groups excluding tert-OH is 4. The molecule has 3 aromatic carbocycles. The molecule has 0 radical (unpaired) electrons. The number of aliphatic hydroxyl groups is 4. The van der Waals surface area contributed by atoms with Gasteiger partial charge in [0.25, 0.3) is 6.48 Å². The summed E-state index contributed by atoms with van der Waals surface area (Å²) in [5.41, 5.74) is 9.67. The highest BCUT2D eigenvalue weighted by molar-refractivity contribution is 5.84. The number of fused-ring (bicyclic) bond motifs is 3. The molecule has 0 bridgehead atoms. The van der Waals surface area contributed by atoms with Crippen molar-refractivity contribution in [3.8, 4) is 5.75 Å². The Kier molecular flexibility index (Phi) is 11.9. The van der Waals surface area contributed by atoms with Gasteiger partial charge in [-0.1, -0.05) is 72.8 Å². The van der Waals surface area contributed by atoms with E-state index in [0.717, 1.165) is 22.4 Å². The third kappa shape index (κ3) is 7.57. The molecule has 3 fully saturated rings. The molecule has 0 spiro atoms. The van der Waals surface area contributed by atoms with Gasteiger partial charge in [-0.15, -0.1) is 0 Å². The maximum atomic E-state index is 10.4. The van der Waals surface area contributed by atoms with Crippen molar-refractivity contribution in [3.63, 3.8) is 0 Å². The first-order valence-electron chi connectivity index (χ1n) is 20.5. The van der Waals surface area contributed by atoms with Crippen LogP contribution in [0, 0.1) is 0 Å². The summed E-state index contributed by atoms with van der Waals surface area (Å²) in [5.74, 6) is 1.50. The van der Waals surface area contributed by atoms with Gasteiger partial charge in [0.2, 0.25) is 0 Å². The number of benzene rings is 3. The van der Waals surface area contributed by atoms with Gasteiger partial charge in [-0.3, -0.25) is 9.13 Å². The number of rotatable bonds is 11. The fourth-order valence-electron chi connectivity index (χ4n) is 8.59. The molecule has 7 heterocycles. The van der Waals surface area contributed by atoms with Crippen molar-refractivity contribution in [1.82, 2.24) is 39.0 Å². The summed E-state index contributed by atoms with van der Waals surface area (Å²) in [6.07, 6.45) is -2.43. The average molecular weight is 877 g/mol. The number of methoxy groups -OCH3 is 2. The van der Waals surface area contributed by atoms with E-state index in [-0.39, 0.29) is 5.82 Å². The summed E-state index contributed by atoms with van der Waals surface area (Å²) < 4.78 is 37.7. The number of hydrogen-bond acceptors (Lipinski definition) is 18. The van der Waals surface area contributed by atoms with E-state index in [4.69, 9.17) is 44.1 Å². The molecule has 334 valence electrons. The lowest BCUT2D eigenvalue weighted by atomic mass is 9.77. The van der Waals surface area contributed by atoms with Crippen molar-refractivity contribution in [2.24, 2.45) is 0 Å². The van der Waals surface area contributed by atoms with E-state index in [1.54, 1.807) is 24.9 Å². The van der Waals surface area contributed by atoms with Crippen LogP contribution >= 0.6 is 0 Å². The van der Waals surface area contributed by atoms with Gasteiger partial charge in [0.1, 0.15) is 66.1 Å². The van der Waals surface area contributed by atoms with Gasteiger partial charge in [0.15, 0.2) is 40.9 Å². The minimum Gasteiger partial charge on any atom is -0.497 e. The second kappa shape index (κ2) is 17.8. The summed E-state index contributed by atoms with van der Waals surface area (Å²) in [6, 6.07) is 28.4. The van der Waals surface area contributed by atoms with E-state index in [1.807, 2.05) is 48.5 Å². The highest BCUT2D eigenvalue weighted by Gasteiger charge is 2.55. The Balaban J connectivity index is 0.000000216. The number of ether oxygens (including phenoxy) is 6. The van der Waals surface area contributed by atoms with Crippen LogP contribution < -0.4 is 15.8 Å². The number of nitrogens with two attached hydrogens (primary N) is 1. The normalized spacial score (nSPS) is 26.3. The molecule has 4 aromatic heterocycles. The molecule has 20 nitrogen and oxygen atoms in total. The van der Waals surface area contributed by atoms with Crippen LogP contribution in [0.5, 0.6) is 5.75 Å². The number of anilines is 2. The lowest BCUT2D eigenvalue weighted by molar-refractivity contribution is -0.259. The van der Waals surface area contributed by atoms with E-state index in [0.29, 0.717) is 28.1 Å². The Morgan fingerprint density at radius 1 is 0.641 bits per heavy atom. The van der Waals surface area contributed by atoms with Crippen LogP contribution in [0.15, 0.2) is 110 Å². The number of nitrogen functional groups attached to an aromatic ring is 1. The molecule has 3 aliphatic rings. The molecule has 0 saturated carbocycles. The predicted molar refractivity (Wildman–Crippen MR) is 228 cm³/mol. The average Bonchev–Trinajstić information content (AvgIpc) is 4.16. The van der Waals surface area contributed by atoms with Crippen molar-refractivity contribution in [2.45, 2.75) is 87.2 Å². The Labute approximate surface area is 366 Å². The van der Waals surface area contributed by atoms with Crippen LogP contribution in [0.25, 0.3) is 22.3 Å². The third-order valence-electron chi connectivity index (χ3n) is 11.7. The van der Waals surface area contributed by atoms with Crippen LogP contribution in [0.4, 0.5) is 11.6 Å². The molecule has 10 rings (SSSR count). The lowest BCUT2D eigenvalue weighted by Crippen LogP contribution is -2.38. The number of aromatic nitrogens is 8. The molecule has 20 heteroatoms. The lowest BCUT2D eigenvalue weighted by Gasteiger charge is -2.37. The second-order valence-electron chi connectivity index (χ2n) is 15.6. The molecule has 7 aromatic rings. The Morgan fingerprint density at radius 3 is 1.78 bits per heavy atom. The topological polar surface area (TPSA) is 262 Å². The van der Waals surface area contributed by atoms with E-state index in [2.05, 4.69) is 61.7 Å². The molecule has 11 atom stereocenters. The molecular formula is C44H48N10O10. The van der Waals surface area contributed by atoms with Gasteiger partial charge in [0.05, 0.1) is 32.0 Å². The quantitative estimate of drug-likeness (QED) is 0.102. The molecular weight excluding hydrogens is 829 g/mol. The van der Waals surface area contributed by atoms with Crippen LogP contribution in [-0.4, -0.2) is 129 Å². The third-order valence-corrected chi connectivity index (χ3v) is 11.7. The van der Waals surface area contributed by atoms with Gasteiger partial charge in [-0.25, -0.2) is 29.9 Å². The van der Waals surface area contributed by atoms with Crippen molar-refractivity contribution >= 4 is 34.0 Å². The minimum absolute atomic E-state index is 0.217. The minimum atomic E-state index is -1.21. The fourth-order valence-corrected chi connectivity index (χ4v) is 8.59. The zero-order chi connectivity index (χ0) is 44.7. The SMILES string of the molecule is CC(O)[C@H]1O[C@@H](n2cnc3c(N)ncnc32)[C@H](O)[C@@H]1O.COc1ccc(C(Nc2ncnc3c2ncn3[C@@H]2O[C@H](C(C)O)[C@H]3OC(OC)O[C@H]32)(c2ccccc2)c2ccccc2)cc1. The number of hydrogen-bond donors (Lipinski definition) is 6. The fraction of sp³-hybridized carbons (Fsp3) is 0.364. The Bertz CT molecular complexity index is 2630. The van der Waals surface area contributed by atoms with Gasteiger partial charge in [-0.2, -0.15) is 0 Å². The highest BCUT2D eigenvalue weighted by atomic mass is 16.9. The summed E-state index contributed by atoms with van der Waals surface area (Å²) in [7, 11) is 3.16. The summed E-state index contributed by atoms with van der Waals surface area (Å²) in [5, 5.41) is 43.7. The van der Waals surface area contributed by atoms with Crippen LogP contribution in [-0.2, 0) is 29.2 Å². The number of imidazole rings is 2. The van der Waals surface area contributed by atoms with Crippen LogP contribution in [0.1, 0.15) is 43.0 Å². The van der Waals surface area contributed by atoms with Gasteiger partial charge < -0.3 is 59.9 Å². The molecule has 64 heavy (non-hydrogen) atoms. The highest BCUT2D eigenvalue weighted by Crippen LogP contribution is 2.44. The molecule has 7 N–H and O–H groups in total. The van der Waals surface area contributed by atoms with E-state index < -0.39 is 73.3 Å². The Morgan fingerprint density at radius 2 is 1.19 bits per heavy atom.